The van der Waals surface area contributed by atoms with E-state index in [-0.39, 0.29) is 5.82 Å². The number of methoxy groups -OCH3 is 1. The smallest absolute Gasteiger partial charge is 0.165 e. The van der Waals surface area contributed by atoms with Crippen molar-refractivity contribution in [2.45, 2.75) is 39.2 Å². The Morgan fingerprint density at radius 3 is 2.34 bits per heavy atom. The van der Waals surface area contributed by atoms with Gasteiger partial charge in [-0.3, -0.25) is 0 Å². The SMILES string of the molecule is C#C.CCN(Cc1ccc(OCCN(C)C)c(F)c1)c1cccc(OC)c1.Oc1ccc2c(c1)CCCC2. The molecule has 0 amide bonds. The molecule has 3 aromatic carbocycles. The maximum Gasteiger partial charge on any atom is 0.165 e. The summed E-state index contributed by atoms with van der Waals surface area (Å²) in [6.45, 7) is 4.73. The first-order valence-electron chi connectivity index (χ1n) is 13.0. The molecule has 0 heterocycles. The zero-order valence-corrected chi connectivity index (χ0v) is 23.1. The number of nitrogens with zero attached hydrogens (tertiary/aromatic N) is 2. The second-order valence-corrected chi connectivity index (χ2v) is 9.29. The number of ether oxygens (including phenoxy) is 2. The molecule has 1 N–H and O–H groups in total. The molecule has 1 aliphatic carbocycles. The Morgan fingerprint density at radius 1 is 0.947 bits per heavy atom. The molecule has 0 unspecified atom stereocenters. The van der Waals surface area contributed by atoms with Crippen molar-refractivity contribution in [3.63, 3.8) is 0 Å². The van der Waals surface area contributed by atoms with Crippen molar-refractivity contribution in [1.29, 1.82) is 0 Å². The van der Waals surface area contributed by atoms with E-state index in [9.17, 15) is 9.50 Å². The largest absolute Gasteiger partial charge is 0.508 e. The van der Waals surface area contributed by atoms with Crippen LogP contribution in [0.4, 0.5) is 10.1 Å². The summed E-state index contributed by atoms with van der Waals surface area (Å²) in [5, 5.41) is 9.19. The van der Waals surface area contributed by atoms with Gasteiger partial charge >= 0.3 is 0 Å². The molecule has 6 heteroatoms. The first-order chi connectivity index (χ1) is 18.4. The molecule has 3 aromatic rings. The molecular formula is C32H41FN2O3. The zero-order chi connectivity index (χ0) is 27.9. The van der Waals surface area contributed by atoms with E-state index >= 15 is 0 Å². The van der Waals surface area contributed by atoms with Crippen LogP contribution in [0.25, 0.3) is 0 Å². The van der Waals surface area contributed by atoms with Gasteiger partial charge in [0.25, 0.3) is 0 Å². The molecule has 0 spiro atoms. The molecule has 4 rings (SSSR count). The molecule has 0 bridgehead atoms. The Balaban J connectivity index is 0.000000321. The van der Waals surface area contributed by atoms with E-state index in [0.29, 0.717) is 24.7 Å². The van der Waals surface area contributed by atoms with Gasteiger partial charge in [-0.15, -0.1) is 12.8 Å². The monoisotopic (exact) mass is 520 g/mol. The van der Waals surface area contributed by atoms with Gasteiger partial charge < -0.3 is 24.4 Å². The molecule has 38 heavy (non-hydrogen) atoms. The second kappa shape index (κ2) is 16.2. The van der Waals surface area contributed by atoms with Crippen LogP contribution < -0.4 is 14.4 Å². The first kappa shape index (κ1) is 30.5. The van der Waals surface area contributed by atoms with Crippen LogP contribution in [0.1, 0.15) is 36.5 Å². The van der Waals surface area contributed by atoms with Crippen LogP contribution in [-0.4, -0.2) is 50.9 Å². The van der Waals surface area contributed by atoms with Crippen molar-refractivity contribution in [2.75, 3.05) is 45.8 Å². The number of aromatic hydroxyl groups is 1. The van der Waals surface area contributed by atoms with Gasteiger partial charge in [-0.05, 0) is 99.8 Å². The highest BCUT2D eigenvalue weighted by molar-refractivity contribution is 5.51. The van der Waals surface area contributed by atoms with Crippen molar-refractivity contribution < 1.29 is 19.0 Å². The van der Waals surface area contributed by atoms with Gasteiger partial charge in [0.05, 0.1) is 7.11 Å². The normalized spacial score (nSPS) is 11.8. The van der Waals surface area contributed by atoms with E-state index in [2.05, 4.69) is 24.7 Å². The Labute approximate surface area is 227 Å². The number of phenols is 1. The number of hydrogen-bond donors (Lipinski definition) is 1. The molecule has 204 valence electrons. The summed E-state index contributed by atoms with van der Waals surface area (Å²) in [6, 6.07) is 18.8. The van der Waals surface area contributed by atoms with Crippen LogP contribution in [0.15, 0.2) is 60.7 Å². The average Bonchev–Trinajstić information content (AvgIpc) is 2.94. The summed E-state index contributed by atoms with van der Waals surface area (Å²) in [6.07, 6.45) is 12.9. The van der Waals surface area contributed by atoms with Crippen LogP contribution in [0, 0.1) is 18.7 Å². The summed E-state index contributed by atoms with van der Waals surface area (Å²) >= 11 is 0. The molecule has 5 nitrogen and oxygen atoms in total. The maximum atomic E-state index is 14.3. The van der Waals surface area contributed by atoms with Crippen molar-refractivity contribution in [1.82, 2.24) is 4.90 Å². The van der Waals surface area contributed by atoms with E-state index in [4.69, 9.17) is 9.47 Å². The van der Waals surface area contributed by atoms with E-state index < -0.39 is 0 Å². The second-order valence-electron chi connectivity index (χ2n) is 9.29. The average molecular weight is 521 g/mol. The molecule has 0 aromatic heterocycles. The highest BCUT2D eigenvalue weighted by Gasteiger charge is 2.10. The molecule has 0 fully saturated rings. The highest BCUT2D eigenvalue weighted by atomic mass is 19.1. The predicted octanol–water partition coefficient (Wildman–Crippen LogP) is 6.32. The first-order valence-corrected chi connectivity index (χ1v) is 13.0. The quantitative estimate of drug-likeness (QED) is 0.335. The number of benzene rings is 3. The molecule has 0 saturated heterocycles. The van der Waals surface area contributed by atoms with Crippen LogP contribution >= 0.6 is 0 Å². The van der Waals surface area contributed by atoms with Gasteiger partial charge in [0.2, 0.25) is 0 Å². The number of fused-ring (bicyclic) bond motifs is 1. The van der Waals surface area contributed by atoms with Gasteiger partial charge in [0.15, 0.2) is 11.6 Å². The van der Waals surface area contributed by atoms with E-state index in [0.717, 1.165) is 36.5 Å². The lowest BCUT2D eigenvalue weighted by atomic mass is 9.92. The van der Waals surface area contributed by atoms with Crippen LogP contribution in [0.3, 0.4) is 0 Å². The molecule has 0 radical (unpaired) electrons. The number of rotatable bonds is 9. The summed E-state index contributed by atoms with van der Waals surface area (Å²) in [7, 11) is 5.57. The van der Waals surface area contributed by atoms with Crippen LogP contribution in [0.5, 0.6) is 17.2 Å². The lowest BCUT2D eigenvalue weighted by Gasteiger charge is -2.24. The van der Waals surface area contributed by atoms with Gasteiger partial charge in [-0.25, -0.2) is 4.39 Å². The van der Waals surface area contributed by atoms with Gasteiger partial charge in [-0.2, -0.15) is 0 Å². The topological polar surface area (TPSA) is 45.2 Å². The summed E-state index contributed by atoms with van der Waals surface area (Å²) in [5.41, 5.74) is 4.72. The van der Waals surface area contributed by atoms with Gasteiger partial charge in [0.1, 0.15) is 18.1 Å². The molecule has 0 atom stereocenters. The third-order valence-electron chi connectivity index (χ3n) is 6.30. The number of halogens is 1. The fraction of sp³-hybridized carbons (Fsp3) is 0.375. The highest BCUT2D eigenvalue weighted by Crippen LogP contribution is 2.25. The Kier molecular flexibility index (Phi) is 13.0. The number of hydrogen-bond acceptors (Lipinski definition) is 5. The van der Waals surface area contributed by atoms with E-state index in [1.807, 2.05) is 61.5 Å². The Morgan fingerprint density at radius 2 is 1.68 bits per heavy atom. The number of likely N-dealkylation sites (N-methyl/N-ethyl adjacent to an activating group) is 1. The van der Waals surface area contributed by atoms with Crippen molar-refractivity contribution >= 4 is 5.69 Å². The van der Waals surface area contributed by atoms with Crippen LogP contribution in [-0.2, 0) is 19.4 Å². The third kappa shape index (κ3) is 9.64. The molecule has 0 saturated carbocycles. The van der Waals surface area contributed by atoms with Crippen LogP contribution in [0.2, 0.25) is 0 Å². The van der Waals surface area contributed by atoms with Crippen molar-refractivity contribution in [3.05, 3.63) is 83.2 Å². The van der Waals surface area contributed by atoms with Crippen molar-refractivity contribution in [2.24, 2.45) is 0 Å². The lowest BCUT2D eigenvalue weighted by molar-refractivity contribution is 0.252. The molecule has 1 aliphatic rings. The van der Waals surface area contributed by atoms with Crippen molar-refractivity contribution in [3.8, 4) is 30.1 Å². The Bertz CT molecular complexity index is 1150. The summed E-state index contributed by atoms with van der Waals surface area (Å²) in [4.78, 5) is 4.17. The molecular weight excluding hydrogens is 479 g/mol. The van der Waals surface area contributed by atoms with E-state index in [1.165, 1.54) is 30.4 Å². The van der Waals surface area contributed by atoms with Gasteiger partial charge in [0, 0.05) is 31.4 Å². The minimum absolute atomic E-state index is 0.301. The number of aryl methyl sites for hydroxylation is 2. The minimum atomic E-state index is -0.321. The lowest BCUT2D eigenvalue weighted by Crippen LogP contribution is -2.22. The number of anilines is 1. The maximum absolute atomic E-state index is 14.3. The predicted molar refractivity (Wildman–Crippen MR) is 155 cm³/mol. The number of terminal acetylenes is 1. The number of phenolic OH excluding ortho intramolecular Hbond substituents is 1. The minimum Gasteiger partial charge on any atom is -0.508 e. The zero-order valence-electron chi connectivity index (χ0n) is 23.1. The van der Waals surface area contributed by atoms with E-state index in [1.54, 1.807) is 25.3 Å². The fourth-order valence-electron chi connectivity index (χ4n) is 4.23. The van der Waals surface area contributed by atoms with Gasteiger partial charge in [-0.1, -0.05) is 18.2 Å². The fourth-order valence-corrected chi connectivity index (χ4v) is 4.23. The molecule has 0 aliphatic heterocycles. The standard InChI is InChI=1S/C20H27FN2O2.C10H12O.C2H2/c1-5-23(17-7-6-8-18(14-17)24-4)15-16-9-10-20(19(21)13-16)25-12-11-22(2)3;11-10-6-5-8-3-1-2-4-9(8)7-10;1-2/h6-10,13-14H,5,11-12,15H2,1-4H3;5-7,11H,1-4H2;1-2H. The summed E-state index contributed by atoms with van der Waals surface area (Å²) < 4.78 is 25.1. The summed E-state index contributed by atoms with van der Waals surface area (Å²) in [5.74, 6) is 1.20. The Hall–Kier alpha value is -3.69. The third-order valence-corrected chi connectivity index (χ3v) is 6.30.